The van der Waals surface area contributed by atoms with Gasteiger partial charge in [0.2, 0.25) is 0 Å². The number of allylic oxidation sites excluding steroid dienone is 1. The van der Waals surface area contributed by atoms with E-state index in [9.17, 15) is 5.26 Å². The van der Waals surface area contributed by atoms with Crippen molar-refractivity contribution in [1.29, 1.82) is 5.26 Å². The van der Waals surface area contributed by atoms with Gasteiger partial charge in [0, 0.05) is 13.1 Å². The summed E-state index contributed by atoms with van der Waals surface area (Å²) in [6.45, 7) is 7.19. The Labute approximate surface area is 86.0 Å². The van der Waals surface area contributed by atoms with Crippen molar-refractivity contribution in [2.75, 3.05) is 26.3 Å². The van der Waals surface area contributed by atoms with E-state index in [0.717, 1.165) is 32.7 Å². The van der Waals surface area contributed by atoms with Gasteiger partial charge in [-0.2, -0.15) is 5.26 Å². The molecule has 78 valence electrons. The summed E-state index contributed by atoms with van der Waals surface area (Å²) in [7, 11) is 0. The molecule has 1 aliphatic rings. The number of hydrogen-bond acceptors (Lipinski definition) is 3. The van der Waals surface area contributed by atoms with E-state index in [1.807, 2.05) is 19.1 Å². The smallest absolute Gasteiger partial charge is 0.127 e. The minimum atomic E-state index is -0.418. The van der Waals surface area contributed by atoms with Crippen LogP contribution in [0.15, 0.2) is 12.2 Å². The van der Waals surface area contributed by atoms with Crippen molar-refractivity contribution in [2.24, 2.45) is 0 Å². The Morgan fingerprint density at radius 2 is 2.14 bits per heavy atom. The fourth-order valence-electron chi connectivity index (χ4n) is 1.87. The topological polar surface area (TPSA) is 36.3 Å². The van der Waals surface area contributed by atoms with Crippen LogP contribution in [0, 0.1) is 11.3 Å². The summed E-state index contributed by atoms with van der Waals surface area (Å²) in [5.74, 6) is 0. The predicted molar refractivity (Wildman–Crippen MR) is 55.8 cm³/mol. The standard InChI is InChI=1S/C11H18N2O/c1-3-5-11(4-2,10-12)13-6-8-14-9-7-13/h3,5H,4,6-9H2,1-2H3/b5-3+. The summed E-state index contributed by atoms with van der Waals surface area (Å²) in [6, 6.07) is 2.42. The van der Waals surface area contributed by atoms with Crippen LogP contribution in [-0.4, -0.2) is 36.7 Å². The molecule has 0 amide bonds. The Morgan fingerprint density at radius 3 is 2.57 bits per heavy atom. The minimum Gasteiger partial charge on any atom is -0.379 e. The molecule has 3 heteroatoms. The van der Waals surface area contributed by atoms with Crippen molar-refractivity contribution in [3.63, 3.8) is 0 Å². The molecule has 0 bridgehead atoms. The number of ether oxygens (including phenoxy) is 1. The highest BCUT2D eigenvalue weighted by Crippen LogP contribution is 2.22. The van der Waals surface area contributed by atoms with Crippen molar-refractivity contribution in [3.8, 4) is 6.07 Å². The maximum absolute atomic E-state index is 9.28. The average molecular weight is 194 g/mol. The lowest BCUT2D eigenvalue weighted by Crippen LogP contribution is -2.51. The summed E-state index contributed by atoms with van der Waals surface area (Å²) in [5.41, 5.74) is -0.418. The first kappa shape index (κ1) is 11.2. The second-order valence-electron chi connectivity index (χ2n) is 3.49. The van der Waals surface area contributed by atoms with Gasteiger partial charge in [-0.3, -0.25) is 4.90 Å². The Morgan fingerprint density at radius 1 is 1.50 bits per heavy atom. The molecule has 1 aliphatic heterocycles. The highest BCUT2D eigenvalue weighted by atomic mass is 16.5. The zero-order valence-corrected chi connectivity index (χ0v) is 8.99. The van der Waals surface area contributed by atoms with E-state index in [4.69, 9.17) is 4.74 Å². The molecule has 1 heterocycles. The molecular formula is C11H18N2O. The van der Waals surface area contributed by atoms with E-state index in [1.54, 1.807) is 0 Å². The van der Waals surface area contributed by atoms with Crippen molar-refractivity contribution in [1.82, 2.24) is 4.90 Å². The monoisotopic (exact) mass is 194 g/mol. The first-order valence-corrected chi connectivity index (χ1v) is 5.17. The second-order valence-corrected chi connectivity index (χ2v) is 3.49. The van der Waals surface area contributed by atoms with Gasteiger partial charge in [-0.05, 0) is 13.3 Å². The fourth-order valence-corrected chi connectivity index (χ4v) is 1.87. The third-order valence-electron chi connectivity index (χ3n) is 2.75. The molecule has 1 unspecified atom stereocenters. The van der Waals surface area contributed by atoms with Crippen molar-refractivity contribution in [2.45, 2.75) is 25.8 Å². The number of nitriles is 1. The highest BCUT2D eigenvalue weighted by molar-refractivity contribution is 5.20. The molecule has 0 aliphatic carbocycles. The van der Waals surface area contributed by atoms with Gasteiger partial charge in [-0.1, -0.05) is 19.1 Å². The Kier molecular flexibility index (Phi) is 4.12. The fraction of sp³-hybridized carbons (Fsp3) is 0.727. The summed E-state index contributed by atoms with van der Waals surface area (Å²) in [4.78, 5) is 2.20. The van der Waals surface area contributed by atoms with Crippen LogP contribution in [-0.2, 0) is 4.74 Å². The average Bonchev–Trinajstić information content (AvgIpc) is 2.27. The van der Waals surface area contributed by atoms with Crippen LogP contribution in [0.4, 0.5) is 0 Å². The van der Waals surface area contributed by atoms with E-state index in [1.165, 1.54) is 0 Å². The zero-order valence-electron chi connectivity index (χ0n) is 8.99. The highest BCUT2D eigenvalue weighted by Gasteiger charge is 2.33. The van der Waals surface area contributed by atoms with Crippen LogP contribution >= 0.6 is 0 Å². The molecule has 1 fully saturated rings. The van der Waals surface area contributed by atoms with Gasteiger partial charge >= 0.3 is 0 Å². The summed E-state index contributed by atoms with van der Waals surface area (Å²) in [5, 5.41) is 9.28. The molecule has 1 rings (SSSR count). The van der Waals surface area contributed by atoms with E-state index in [-0.39, 0.29) is 0 Å². The molecule has 0 N–H and O–H groups in total. The molecule has 1 saturated heterocycles. The first-order valence-electron chi connectivity index (χ1n) is 5.17. The normalized spacial score (nSPS) is 23.2. The molecule has 0 spiro atoms. The molecule has 3 nitrogen and oxygen atoms in total. The maximum Gasteiger partial charge on any atom is 0.127 e. The van der Waals surface area contributed by atoms with Gasteiger partial charge in [-0.25, -0.2) is 0 Å². The molecule has 0 aromatic carbocycles. The van der Waals surface area contributed by atoms with Crippen LogP contribution in [0.3, 0.4) is 0 Å². The van der Waals surface area contributed by atoms with E-state index >= 15 is 0 Å². The Hall–Kier alpha value is -0.850. The van der Waals surface area contributed by atoms with Crippen LogP contribution < -0.4 is 0 Å². The van der Waals surface area contributed by atoms with Crippen LogP contribution in [0.1, 0.15) is 20.3 Å². The maximum atomic E-state index is 9.28. The minimum absolute atomic E-state index is 0.418. The largest absolute Gasteiger partial charge is 0.379 e. The van der Waals surface area contributed by atoms with Gasteiger partial charge in [0.1, 0.15) is 5.54 Å². The number of hydrogen-bond donors (Lipinski definition) is 0. The van der Waals surface area contributed by atoms with E-state index in [2.05, 4.69) is 17.9 Å². The van der Waals surface area contributed by atoms with Crippen molar-refractivity contribution in [3.05, 3.63) is 12.2 Å². The third-order valence-corrected chi connectivity index (χ3v) is 2.75. The van der Waals surface area contributed by atoms with Crippen LogP contribution in [0.2, 0.25) is 0 Å². The Balaban J connectivity index is 2.79. The molecule has 0 aromatic heterocycles. The van der Waals surface area contributed by atoms with Crippen molar-refractivity contribution >= 4 is 0 Å². The number of morpholine rings is 1. The molecule has 14 heavy (non-hydrogen) atoms. The predicted octanol–water partition coefficient (Wildman–Crippen LogP) is 1.57. The van der Waals surface area contributed by atoms with Gasteiger partial charge < -0.3 is 4.74 Å². The van der Waals surface area contributed by atoms with E-state index < -0.39 is 5.54 Å². The van der Waals surface area contributed by atoms with Crippen LogP contribution in [0.5, 0.6) is 0 Å². The quantitative estimate of drug-likeness (QED) is 0.640. The van der Waals surface area contributed by atoms with E-state index in [0.29, 0.717) is 0 Å². The summed E-state index contributed by atoms with van der Waals surface area (Å²) < 4.78 is 5.29. The lowest BCUT2D eigenvalue weighted by Gasteiger charge is -2.38. The Bertz CT molecular complexity index is 238. The molecule has 0 aromatic rings. The summed E-state index contributed by atoms with van der Waals surface area (Å²) in [6.07, 6.45) is 4.79. The second kappa shape index (κ2) is 5.14. The first-order chi connectivity index (χ1) is 6.79. The molecule has 1 atom stereocenters. The lowest BCUT2D eigenvalue weighted by molar-refractivity contribution is 0.00873. The van der Waals surface area contributed by atoms with Crippen molar-refractivity contribution < 1.29 is 4.74 Å². The molecular weight excluding hydrogens is 176 g/mol. The molecule has 0 radical (unpaired) electrons. The zero-order chi connectivity index (χ0) is 10.4. The van der Waals surface area contributed by atoms with Crippen LogP contribution in [0.25, 0.3) is 0 Å². The van der Waals surface area contributed by atoms with Gasteiger partial charge in [0.25, 0.3) is 0 Å². The van der Waals surface area contributed by atoms with Gasteiger partial charge in [0.15, 0.2) is 0 Å². The van der Waals surface area contributed by atoms with Gasteiger partial charge in [0.05, 0.1) is 19.3 Å². The number of nitrogens with zero attached hydrogens (tertiary/aromatic N) is 2. The third kappa shape index (κ3) is 2.14. The van der Waals surface area contributed by atoms with Gasteiger partial charge in [-0.15, -0.1) is 0 Å². The summed E-state index contributed by atoms with van der Waals surface area (Å²) >= 11 is 0. The number of rotatable bonds is 3. The SMILES string of the molecule is C/C=C/C(C#N)(CC)N1CCOCC1. The molecule has 0 saturated carbocycles. The lowest BCUT2D eigenvalue weighted by atomic mass is 9.94.